The number of nitrogens with zero attached hydrogens (tertiary/aromatic N) is 3. The molecule has 6 nitrogen and oxygen atoms in total. The molecule has 0 spiro atoms. The lowest BCUT2D eigenvalue weighted by Gasteiger charge is -2.25. The number of hydrazine groups is 1. The Labute approximate surface area is 212 Å². The van der Waals surface area contributed by atoms with E-state index >= 15 is 0 Å². The molecule has 7 heteroatoms. The molecule has 182 valence electrons. The fraction of sp³-hybridized carbons (Fsp3) is 0.250. The van der Waals surface area contributed by atoms with Crippen LogP contribution in [0.4, 0.5) is 11.4 Å². The van der Waals surface area contributed by atoms with Crippen LogP contribution in [0.3, 0.4) is 0 Å². The minimum Gasteiger partial charge on any atom is -0.374 e. The molecular weight excluding hydrogens is 454 g/mol. The zero-order valence-corrected chi connectivity index (χ0v) is 21.3. The third-order valence-electron chi connectivity index (χ3n) is 6.24. The number of thioether (sulfide) groups is 1. The molecule has 1 aliphatic heterocycles. The fourth-order valence-electron chi connectivity index (χ4n) is 3.99. The molecule has 0 saturated carbocycles. The number of carbonyl (C=O) groups is 1. The first kappa shape index (κ1) is 24.9. The Morgan fingerprint density at radius 1 is 0.886 bits per heavy atom. The summed E-state index contributed by atoms with van der Waals surface area (Å²) in [5.74, 6) is 5.79. The van der Waals surface area contributed by atoms with Gasteiger partial charge in [-0.05, 0) is 59.8 Å². The van der Waals surface area contributed by atoms with Gasteiger partial charge in [-0.3, -0.25) is 9.69 Å². The van der Waals surface area contributed by atoms with E-state index in [9.17, 15) is 4.79 Å². The number of nitrogens with two attached hydrogens (primary N) is 1. The van der Waals surface area contributed by atoms with Crippen molar-refractivity contribution in [3.8, 4) is 0 Å². The van der Waals surface area contributed by atoms with Crippen LogP contribution in [0.5, 0.6) is 0 Å². The minimum atomic E-state index is 0.170. The van der Waals surface area contributed by atoms with Crippen molar-refractivity contribution in [2.75, 3.05) is 37.6 Å². The summed E-state index contributed by atoms with van der Waals surface area (Å²) >= 11 is 1.77. The maximum Gasteiger partial charge on any atom is 0.150 e. The maximum absolute atomic E-state index is 10.9. The first-order valence-electron chi connectivity index (χ1n) is 11.7. The monoisotopic (exact) mass is 487 g/mol. The van der Waals surface area contributed by atoms with Gasteiger partial charge >= 0.3 is 0 Å². The van der Waals surface area contributed by atoms with Crippen LogP contribution in [0.15, 0.2) is 78.2 Å². The van der Waals surface area contributed by atoms with Gasteiger partial charge in [0, 0.05) is 44.1 Å². The number of benzene rings is 3. The highest BCUT2D eigenvalue weighted by atomic mass is 32.2. The number of nitrogens with one attached hydrogen (secondary N) is 1. The van der Waals surface area contributed by atoms with Crippen LogP contribution >= 0.6 is 11.8 Å². The second kappa shape index (κ2) is 11.4. The number of likely N-dealkylation sites (N-methyl/N-ethyl adjacent to an activating group) is 1. The second-order valence-electron chi connectivity index (χ2n) is 8.93. The van der Waals surface area contributed by atoms with Crippen molar-refractivity contribution in [2.45, 2.75) is 18.5 Å². The summed E-state index contributed by atoms with van der Waals surface area (Å²) in [5, 5.41) is 7.44. The van der Waals surface area contributed by atoms with E-state index < -0.39 is 0 Å². The molecule has 3 aromatic carbocycles. The summed E-state index contributed by atoms with van der Waals surface area (Å²) in [4.78, 5) is 15.4. The second-order valence-corrected chi connectivity index (χ2v) is 9.89. The van der Waals surface area contributed by atoms with Gasteiger partial charge in [-0.15, -0.1) is 0 Å². The molecule has 4 rings (SSSR count). The van der Waals surface area contributed by atoms with Gasteiger partial charge in [0.1, 0.15) is 11.8 Å². The maximum atomic E-state index is 10.9. The van der Waals surface area contributed by atoms with E-state index in [1.165, 1.54) is 22.4 Å². The van der Waals surface area contributed by atoms with Crippen molar-refractivity contribution < 1.29 is 4.79 Å². The topological polar surface area (TPSA) is 64.8 Å². The lowest BCUT2D eigenvalue weighted by atomic mass is 10.1. The number of rotatable bonds is 10. The van der Waals surface area contributed by atoms with Crippen molar-refractivity contribution in [3.63, 3.8) is 0 Å². The molecule has 1 aliphatic rings. The van der Waals surface area contributed by atoms with Gasteiger partial charge in [-0.25, -0.2) is 5.84 Å². The number of carbonyl (C=O) groups excluding carboxylic acids is 1. The number of anilines is 2. The van der Waals surface area contributed by atoms with Crippen molar-refractivity contribution in [3.05, 3.63) is 100 Å². The van der Waals surface area contributed by atoms with E-state index in [1.54, 1.807) is 16.8 Å². The highest BCUT2D eigenvalue weighted by molar-refractivity contribution is 8.03. The van der Waals surface area contributed by atoms with Gasteiger partial charge in [0.25, 0.3) is 0 Å². The summed E-state index contributed by atoms with van der Waals surface area (Å²) in [6, 6.07) is 24.9. The Kier molecular flexibility index (Phi) is 8.13. The molecule has 1 heterocycles. The summed E-state index contributed by atoms with van der Waals surface area (Å²) in [7, 11) is 6.08. The molecule has 1 unspecified atom stereocenters. The molecule has 0 fully saturated rings. The van der Waals surface area contributed by atoms with Crippen LogP contribution < -0.4 is 21.1 Å². The first-order valence-corrected chi connectivity index (χ1v) is 12.6. The Morgan fingerprint density at radius 3 is 2.14 bits per heavy atom. The minimum absolute atomic E-state index is 0.170. The Morgan fingerprint density at radius 2 is 1.51 bits per heavy atom. The van der Waals surface area contributed by atoms with Crippen molar-refractivity contribution in [2.24, 2.45) is 5.84 Å². The predicted octanol–water partition coefficient (Wildman–Crippen LogP) is 4.54. The molecule has 3 N–H and O–H groups in total. The zero-order valence-electron chi connectivity index (χ0n) is 20.5. The Balaban J connectivity index is 1.28. The van der Waals surface area contributed by atoms with Gasteiger partial charge < -0.3 is 15.2 Å². The summed E-state index contributed by atoms with van der Waals surface area (Å²) in [6.07, 6.45) is 1.85. The van der Waals surface area contributed by atoms with Gasteiger partial charge in [-0.1, -0.05) is 60.3 Å². The molecule has 0 saturated heterocycles. The van der Waals surface area contributed by atoms with Gasteiger partial charge in [0.2, 0.25) is 0 Å². The Hall–Kier alpha value is -3.26. The van der Waals surface area contributed by atoms with E-state index in [0.29, 0.717) is 5.56 Å². The van der Waals surface area contributed by atoms with Gasteiger partial charge in [-0.2, -0.15) is 0 Å². The number of aldehydes is 1. The highest BCUT2D eigenvalue weighted by Crippen LogP contribution is 2.30. The molecule has 0 amide bonds. The quantitative estimate of drug-likeness (QED) is 0.247. The smallest absolute Gasteiger partial charge is 0.150 e. The molecular formula is C28H33N5OS. The van der Waals surface area contributed by atoms with Crippen molar-refractivity contribution in [1.29, 1.82) is 0 Å². The van der Waals surface area contributed by atoms with E-state index in [-0.39, 0.29) is 5.50 Å². The van der Waals surface area contributed by atoms with Crippen LogP contribution in [0, 0.1) is 0 Å². The molecule has 0 radical (unpaired) electrons. The van der Waals surface area contributed by atoms with Crippen LogP contribution in [0.1, 0.15) is 27.0 Å². The number of hydrogen-bond acceptors (Lipinski definition) is 7. The fourth-order valence-corrected chi connectivity index (χ4v) is 4.94. The van der Waals surface area contributed by atoms with E-state index in [4.69, 9.17) is 5.84 Å². The summed E-state index contributed by atoms with van der Waals surface area (Å²) in [5.41, 5.74) is 7.89. The lowest BCUT2D eigenvalue weighted by molar-refractivity contribution is 0.112. The normalized spacial score (nSPS) is 15.0. The molecule has 3 aromatic rings. The molecule has 0 aromatic heterocycles. The van der Waals surface area contributed by atoms with Crippen LogP contribution in [0.2, 0.25) is 0 Å². The molecule has 0 aliphatic carbocycles. The summed E-state index contributed by atoms with van der Waals surface area (Å²) < 4.78 is 0. The lowest BCUT2D eigenvalue weighted by Crippen LogP contribution is -2.36. The van der Waals surface area contributed by atoms with Gasteiger partial charge in [0.05, 0.1) is 5.69 Å². The third kappa shape index (κ3) is 6.45. The summed E-state index contributed by atoms with van der Waals surface area (Å²) in [6.45, 7) is 1.74. The predicted molar refractivity (Wildman–Crippen MR) is 148 cm³/mol. The van der Waals surface area contributed by atoms with Crippen LogP contribution in [0.25, 0.3) is 5.70 Å². The van der Waals surface area contributed by atoms with Crippen LogP contribution in [-0.2, 0) is 13.0 Å². The van der Waals surface area contributed by atoms with Crippen molar-refractivity contribution >= 4 is 35.1 Å². The zero-order chi connectivity index (χ0) is 24.8. The molecule has 1 atom stereocenters. The van der Waals surface area contributed by atoms with Gasteiger partial charge in [0.15, 0.2) is 0 Å². The average Bonchev–Trinajstić information content (AvgIpc) is 3.39. The molecule has 0 bridgehead atoms. The van der Waals surface area contributed by atoms with E-state index in [0.717, 1.165) is 37.2 Å². The Bertz CT molecular complexity index is 1140. The first-order chi connectivity index (χ1) is 16.9. The van der Waals surface area contributed by atoms with E-state index in [1.807, 2.05) is 31.3 Å². The van der Waals surface area contributed by atoms with E-state index in [2.05, 4.69) is 83.2 Å². The standard InChI is InChI=1S/C28H33N5OS/c1-31(17-16-21-8-12-26(13-9-21)33(3)29)25-14-10-24(11-15-25)27-20-35-28(30-27)32(2)18-22-4-6-23(19-34)7-5-22/h4-15,19-20,28,30H,16-18,29H2,1-3H3. The largest absolute Gasteiger partial charge is 0.374 e. The highest BCUT2D eigenvalue weighted by Gasteiger charge is 2.22. The third-order valence-corrected chi connectivity index (χ3v) is 7.35. The average molecular weight is 488 g/mol. The molecule has 35 heavy (non-hydrogen) atoms. The van der Waals surface area contributed by atoms with Crippen LogP contribution in [-0.4, -0.2) is 44.4 Å². The number of hydrogen-bond donors (Lipinski definition) is 2. The SMILES string of the molecule is CN(N)c1ccc(CCN(C)c2ccc(C3=CSC(N(C)Cc4ccc(C=O)cc4)N3)cc2)cc1. The van der Waals surface area contributed by atoms with Crippen molar-refractivity contribution in [1.82, 2.24) is 10.2 Å².